The molecule has 2 aromatic rings. The van der Waals surface area contributed by atoms with E-state index in [2.05, 4.69) is 24.1 Å². The van der Waals surface area contributed by atoms with Crippen LogP contribution in [0.3, 0.4) is 0 Å². The fourth-order valence-corrected chi connectivity index (χ4v) is 5.31. The average molecular weight is 555 g/mol. The number of likely N-dealkylation sites (tertiary alicyclic amines) is 1. The Kier molecular flexibility index (Phi) is 11.4. The number of methoxy groups -OCH3 is 1. The van der Waals surface area contributed by atoms with Crippen LogP contribution in [0.4, 0.5) is 0 Å². The number of nitrogens with one attached hydrogen (secondary N) is 1. The summed E-state index contributed by atoms with van der Waals surface area (Å²) in [7, 11) is 1.60. The van der Waals surface area contributed by atoms with Gasteiger partial charge in [-0.2, -0.15) is 0 Å². The number of nitrogens with zero attached hydrogens (tertiary/aromatic N) is 1. The molecule has 0 saturated carbocycles. The van der Waals surface area contributed by atoms with Gasteiger partial charge in [0.2, 0.25) is 5.91 Å². The molecule has 1 saturated heterocycles. The van der Waals surface area contributed by atoms with Crippen LogP contribution in [0, 0.1) is 5.41 Å². The molecule has 2 atom stereocenters. The minimum Gasteiger partial charge on any atom is -0.497 e. The number of amides is 1. The van der Waals surface area contributed by atoms with E-state index in [0.29, 0.717) is 61.6 Å². The highest BCUT2D eigenvalue weighted by atomic mass is 16.6. The SMILES string of the molecule is C.COc1ccc(C(=O)CCCCCC(=O)N[C@H](CN2CCC(C)(C)C2)[C@@H](O)c2ccc3c(c2)OCCO3)cc1. The molecule has 1 fully saturated rings. The predicted octanol–water partition coefficient (Wildman–Crippen LogP) is 5.19. The van der Waals surface area contributed by atoms with E-state index in [9.17, 15) is 14.7 Å². The van der Waals surface area contributed by atoms with Gasteiger partial charge in [-0.1, -0.05) is 33.8 Å². The quantitative estimate of drug-likeness (QED) is 0.260. The summed E-state index contributed by atoms with van der Waals surface area (Å²) in [5.41, 5.74) is 1.59. The van der Waals surface area contributed by atoms with Crippen molar-refractivity contribution in [2.24, 2.45) is 5.41 Å². The van der Waals surface area contributed by atoms with Crippen LogP contribution in [0.5, 0.6) is 17.2 Å². The van der Waals surface area contributed by atoms with Gasteiger partial charge >= 0.3 is 0 Å². The van der Waals surface area contributed by atoms with E-state index in [1.807, 2.05) is 18.2 Å². The number of Topliss-reactive ketones (excluding diaryl/α,β-unsaturated/α-hetero) is 1. The fourth-order valence-electron chi connectivity index (χ4n) is 5.31. The molecule has 40 heavy (non-hydrogen) atoms. The third-order valence-corrected chi connectivity index (χ3v) is 7.57. The van der Waals surface area contributed by atoms with Crippen LogP contribution in [0.1, 0.15) is 81.8 Å². The Bertz CT molecular complexity index is 1120. The molecule has 2 aromatic carbocycles. The maximum absolute atomic E-state index is 12.9. The Morgan fingerprint density at radius 1 is 1.02 bits per heavy atom. The van der Waals surface area contributed by atoms with Gasteiger partial charge in [0.15, 0.2) is 17.3 Å². The summed E-state index contributed by atoms with van der Waals surface area (Å²) < 4.78 is 16.5. The van der Waals surface area contributed by atoms with Crippen molar-refractivity contribution >= 4 is 11.7 Å². The highest BCUT2D eigenvalue weighted by Crippen LogP contribution is 2.34. The van der Waals surface area contributed by atoms with Crippen molar-refractivity contribution in [1.29, 1.82) is 0 Å². The van der Waals surface area contributed by atoms with Crippen molar-refractivity contribution in [3.8, 4) is 17.2 Å². The molecule has 0 unspecified atom stereocenters. The molecule has 2 N–H and O–H groups in total. The Morgan fingerprint density at radius 3 is 2.40 bits per heavy atom. The van der Waals surface area contributed by atoms with Crippen molar-refractivity contribution in [2.75, 3.05) is 40.0 Å². The maximum Gasteiger partial charge on any atom is 0.220 e. The molecule has 0 aliphatic carbocycles. The molecule has 0 spiro atoms. The summed E-state index contributed by atoms with van der Waals surface area (Å²) in [6, 6.07) is 12.2. The third-order valence-electron chi connectivity index (χ3n) is 7.57. The molecular formula is C32H46N2O6. The van der Waals surface area contributed by atoms with Crippen LogP contribution in [0.25, 0.3) is 0 Å². The number of aliphatic hydroxyl groups is 1. The summed E-state index contributed by atoms with van der Waals surface area (Å²) in [5, 5.41) is 14.5. The molecule has 0 aromatic heterocycles. The summed E-state index contributed by atoms with van der Waals surface area (Å²) in [6.45, 7) is 7.91. The van der Waals surface area contributed by atoms with Gasteiger partial charge in [0.05, 0.1) is 13.2 Å². The highest BCUT2D eigenvalue weighted by molar-refractivity contribution is 5.96. The first-order chi connectivity index (χ1) is 18.7. The first-order valence-electron chi connectivity index (χ1n) is 14.0. The van der Waals surface area contributed by atoms with Gasteiger partial charge in [-0.25, -0.2) is 0 Å². The lowest BCUT2D eigenvalue weighted by atomic mass is 9.93. The van der Waals surface area contributed by atoms with Gasteiger partial charge in [-0.05, 0) is 73.2 Å². The third kappa shape index (κ3) is 8.70. The van der Waals surface area contributed by atoms with Crippen molar-refractivity contribution < 1.29 is 28.9 Å². The van der Waals surface area contributed by atoms with Gasteiger partial charge in [0.1, 0.15) is 25.1 Å². The molecule has 2 heterocycles. The van der Waals surface area contributed by atoms with Gasteiger partial charge in [0, 0.05) is 31.5 Å². The monoisotopic (exact) mass is 554 g/mol. The number of hydrogen-bond donors (Lipinski definition) is 2. The lowest BCUT2D eigenvalue weighted by molar-refractivity contribution is -0.123. The summed E-state index contributed by atoms with van der Waals surface area (Å²) in [6.07, 6.45) is 3.20. The molecule has 1 amide bonds. The minimum atomic E-state index is -0.879. The van der Waals surface area contributed by atoms with Crippen molar-refractivity contribution in [1.82, 2.24) is 10.2 Å². The standard InChI is InChI=1S/C31H42N2O6.CH4/c1-31(2)15-16-33(21-31)20-25(30(36)23-11-14-27-28(19-23)39-18-17-38-27)32-29(35)8-6-4-5-7-26(34)22-9-12-24(37-3)13-10-22;/h9-14,19,25,30,36H,4-8,15-18,20-21H2,1-3H3,(H,32,35);1H4/t25-,30+;/m1./s1. The van der Waals surface area contributed by atoms with E-state index < -0.39 is 12.1 Å². The zero-order valence-electron chi connectivity index (χ0n) is 23.4. The van der Waals surface area contributed by atoms with E-state index in [1.165, 1.54) is 0 Å². The van der Waals surface area contributed by atoms with Gasteiger partial charge in [-0.15, -0.1) is 0 Å². The zero-order chi connectivity index (χ0) is 27.8. The molecule has 8 heteroatoms. The van der Waals surface area contributed by atoms with Crippen LogP contribution in [0.2, 0.25) is 0 Å². The number of ether oxygens (including phenoxy) is 3. The number of fused-ring (bicyclic) bond motifs is 1. The van der Waals surface area contributed by atoms with E-state index in [0.717, 1.165) is 38.1 Å². The van der Waals surface area contributed by atoms with Crippen LogP contribution < -0.4 is 19.5 Å². The second kappa shape index (κ2) is 14.5. The van der Waals surface area contributed by atoms with Crippen molar-refractivity contribution in [2.45, 2.75) is 71.9 Å². The topological polar surface area (TPSA) is 97.3 Å². The molecule has 2 aliphatic rings. The Balaban J connectivity index is 0.00000441. The molecule has 0 radical (unpaired) electrons. The Labute approximate surface area is 239 Å². The minimum absolute atomic E-state index is 0. The van der Waals surface area contributed by atoms with Crippen molar-refractivity contribution in [3.63, 3.8) is 0 Å². The molecule has 0 bridgehead atoms. The van der Waals surface area contributed by atoms with Crippen molar-refractivity contribution in [3.05, 3.63) is 53.6 Å². The molecule has 2 aliphatic heterocycles. The van der Waals surface area contributed by atoms with Gasteiger partial charge < -0.3 is 29.5 Å². The molecule has 4 rings (SSSR count). The second-order valence-electron chi connectivity index (χ2n) is 11.4. The number of carbonyl (C=O) groups excluding carboxylic acids is 2. The molecular weight excluding hydrogens is 508 g/mol. The number of benzene rings is 2. The fraction of sp³-hybridized carbons (Fsp3) is 0.562. The van der Waals surface area contributed by atoms with Gasteiger partial charge in [-0.3, -0.25) is 9.59 Å². The van der Waals surface area contributed by atoms with E-state index in [4.69, 9.17) is 14.2 Å². The second-order valence-corrected chi connectivity index (χ2v) is 11.4. The lowest BCUT2D eigenvalue weighted by Crippen LogP contribution is -2.47. The number of aliphatic hydroxyl groups excluding tert-OH is 1. The average Bonchev–Trinajstić information content (AvgIpc) is 3.29. The number of hydrogen-bond acceptors (Lipinski definition) is 7. The molecule has 8 nitrogen and oxygen atoms in total. The first kappa shape index (κ1) is 31.4. The summed E-state index contributed by atoms with van der Waals surface area (Å²) >= 11 is 0. The normalized spacial score (nSPS) is 17.4. The summed E-state index contributed by atoms with van der Waals surface area (Å²) in [5.74, 6) is 2.03. The Morgan fingerprint density at radius 2 is 1.73 bits per heavy atom. The first-order valence-corrected chi connectivity index (χ1v) is 14.0. The van der Waals surface area contributed by atoms with Crippen LogP contribution in [-0.2, 0) is 4.79 Å². The smallest absolute Gasteiger partial charge is 0.220 e. The highest BCUT2D eigenvalue weighted by Gasteiger charge is 2.33. The van der Waals surface area contributed by atoms with Gasteiger partial charge in [0.25, 0.3) is 0 Å². The Hall–Kier alpha value is -3.10. The van der Waals surface area contributed by atoms with Crippen LogP contribution >= 0.6 is 0 Å². The van der Waals surface area contributed by atoms with Crippen LogP contribution in [0.15, 0.2) is 42.5 Å². The maximum atomic E-state index is 12.9. The lowest BCUT2D eigenvalue weighted by Gasteiger charge is -2.30. The largest absolute Gasteiger partial charge is 0.497 e. The molecule has 220 valence electrons. The predicted molar refractivity (Wildman–Crippen MR) is 156 cm³/mol. The van der Waals surface area contributed by atoms with E-state index in [-0.39, 0.29) is 24.5 Å². The number of carbonyl (C=O) groups is 2. The van der Waals surface area contributed by atoms with Crippen LogP contribution in [-0.4, -0.2) is 67.7 Å². The summed E-state index contributed by atoms with van der Waals surface area (Å²) in [4.78, 5) is 27.7. The number of rotatable bonds is 13. The van der Waals surface area contributed by atoms with E-state index in [1.54, 1.807) is 31.4 Å². The number of ketones is 1. The van der Waals surface area contributed by atoms with E-state index >= 15 is 0 Å². The zero-order valence-corrected chi connectivity index (χ0v) is 23.4. The number of unbranched alkanes of at least 4 members (excludes halogenated alkanes) is 2.